The molecule has 0 spiro atoms. The van der Waals surface area contributed by atoms with Crippen molar-refractivity contribution in [3.63, 3.8) is 0 Å². The molecule has 0 radical (unpaired) electrons. The number of nitrogens with one attached hydrogen (secondary N) is 1. The summed E-state index contributed by atoms with van der Waals surface area (Å²) in [7, 11) is -2.57. The Bertz CT molecular complexity index is 1350. The lowest BCUT2D eigenvalue weighted by Crippen LogP contribution is -2.27. The molecule has 4 rings (SSSR count). The third-order valence-electron chi connectivity index (χ3n) is 4.69. The van der Waals surface area contributed by atoms with Crippen LogP contribution in [0.4, 0.5) is 8.78 Å². The van der Waals surface area contributed by atoms with Crippen LogP contribution in [-0.4, -0.2) is 36.7 Å². The van der Waals surface area contributed by atoms with Gasteiger partial charge in [0.05, 0.1) is 12.8 Å². The van der Waals surface area contributed by atoms with Crippen LogP contribution in [0.5, 0.6) is 5.75 Å². The van der Waals surface area contributed by atoms with E-state index < -0.39 is 26.6 Å². The predicted octanol–water partition coefficient (Wildman–Crippen LogP) is 3.57. The van der Waals surface area contributed by atoms with Crippen molar-refractivity contribution in [1.82, 2.24) is 19.3 Å². The van der Waals surface area contributed by atoms with Crippen molar-refractivity contribution in [3.8, 4) is 17.1 Å². The molecule has 0 fully saturated rings. The Morgan fingerprint density at radius 3 is 2.58 bits per heavy atom. The van der Waals surface area contributed by atoms with Crippen LogP contribution < -0.4 is 9.46 Å². The summed E-state index contributed by atoms with van der Waals surface area (Å²) in [5.41, 5.74) is 1.69. The first kappa shape index (κ1) is 21.3. The van der Waals surface area contributed by atoms with Crippen molar-refractivity contribution in [3.05, 3.63) is 64.7 Å². The average molecular weight is 465 g/mol. The number of rotatable bonds is 7. The summed E-state index contributed by atoms with van der Waals surface area (Å²) in [6.07, 6.45) is 0.357. The lowest BCUT2D eigenvalue weighted by Gasteiger charge is -2.07. The summed E-state index contributed by atoms with van der Waals surface area (Å²) in [5, 5.41) is 4.53. The summed E-state index contributed by atoms with van der Waals surface area (Å²) < 4.78 is 60.9. The van der Waals surface area contributed by atoms with Gasteiger partial charge in [0.15, 0.2) is 5.82 Å². The van der Waals surface area contributed by atoms with Gasteiger partial charge in [-0.2, -0.15) is 4.98 Å². The number of methoxy groups -OCH3 is 1. The van der Waals surface area contributed by atoms with Crippen LogP contribution in [0.15, 0.2) is 47.4 Å². The summed E-state index contributed by atoms with van der Waals surface area (Å²) >= 11 is 1.39. The van der Waals surface area contributed by atoms with Gasteiger partial charge in [0.1, 0.15) is 22.3 Å². The minimum Gasteiger partial charge on any atom is -0.497 e. The average Bonchev–Trinajstić information content (AvgIpc) is 3.29. The van der Waals surface area contributed by atoms with E-state index in [1.54, 1.807) is 11.6 Å². The van der Waals surface area contributed by atoms with E-state index in [1.807, 2.05) is 31.2 Å². The van der Waals surface area contributed by atoms with Crippen LogP contribution in [0.1, 0.15) is 10.6 Å². The number of aromatic nitrogens is 3. The molecule has 0 amide bonds. The largest absolute Gasteiger partial charge is 0.497 e. The molecule has 2 aromatic carbocycles. The quantitative estimate of drug-likeness (QED) is 0.452. The molecule has 0 aliphatic rings. The van der Waals surface area contributed by atoms with Crippen LogP contribution in [0.3, 0.4) is 0 Å². The standard InChI is InChI=1S/C20H18F2N4O3S2/c1-12-17(9-10-23-31(27,28)18-11-14(21)5-8-16(18)22)30-20-24-19(25-26(12)20)13-3-6-15(29-2)7-4-13/h3-8,11,23H,9-10H2,1-2H3. The number of hydrogen-bond donors (Lipinski definition) is 1. The second-order valence-corrected chi connectivity index (χ2v) is 9.49. The number of nitrogens with zero attached hydrogens (tertiary/aromatic N) is 3. The molecule has 0 atom stereocenters. The minimum atomic E-state index is -4.17. The van der Waals surface area contributed by atoms with Gasteiger partial charge in [-0.1, -0.05) is 11.3 Å². The zero-order valence-electron chi connectivity index (χ0n) is 16.6. The Kier molecular flexibility index (Phi) is 5.73. The predicted molar refractivity (Wildman–Crippen MR) is 113 cm³/mol. The Morgan fingerprint density at radius 2 is 1.90 bits per heavy atom. The molecule has 0 aliphatic carbocycles. The number of ether oxygens (including phenoxy) is 1. The van der Waals surface area contributed by atoms with E-state index in [0.29, 0.717) is 23.3 Å². The molecule has 0 saturated carbocycles. The molecule has 2 heterocycles. The SMILES string of the molecule is COc1ccc(-c2nc3sc(CCNS(=O)(=O)c4cc(F)ccc4F)c(C)n3n2)cc1. The van der Waals surface area contributed by atoms with Gasteiger partial charge in [0.25, 0.3) is 0 Å². The Morgan fingerprint density at radius 1 is 1.16 bits per heavy atom. The van der Waals surface area contributed by atoms with E-state index in [2.05, 4.69) is 14.8 Å². The first-order valence-corrected chi connectivity index (χ1v) is 11.5. The summed E-state index contributed by atoms with van der Waals surface area (Å²) in [6.45, 7) is 1.89. The molecular weight excluding hydrogens is 446 g/mol. The molecule has 1 N–H and O–H groups in total. The van der Waals surface area contributed by atoms with Crippen molar-refractivity contribution in [2.75, 3.05) is 13.7 Å². The lowest BCUT2D eigenvalue weighted by molar-refractivity contribution is 0.415. The van der Waals surface area contributed by atoms with Crippen LogP contribution in [0, 0.1) is 18.6 Å². The molecule has 11 heteroatoms. The number of halogens is 2. The highest BCUT2D eigenvalue weighted by atomic mass is 32.2. The van der Waals surface area contributed by atoms with E-state index in [4.69, 9.17) is 4.74 Å². The molecule has 4 aromatic rings. The highest BCUT2D eigenvalue weighted by Gasteiger charge is 2.20. The maximum atomic E-state index is 13.8. The van der Waals surface area contributed by atoms with Crippen molar-refractivity contribution in [1.29, 1.82) is 0 Å². The number of benzene rings is 2. The molecule has 2 aromatic heterocycles. The summed E-state index contributed by atoms with van der Waals surface area (Å²) in [4.78, 5) is 5.40. The molecule has 0 bridgehead atoms. The number of thiazole rings is 1. The van der Waals surface area contributed by atoms with Gasteiger partial charge < -0.3 is 4.74 Å². The smallest absolute Gasteiger partial charge is 0.243 e. The first-order chi connectivity index (χ1) is 14.8. The Hall–Kier alpha value is -2.89. The molecule has 7 nitrogen and oxygen atoms in total. The van der Waals surface area contributed by atoms with Crippen LogP contribution >= 0.6 is 11.3 Å². The van der Waals surface area contributed by atoms with E-state index in [-0.39, 0.29) is 6.54 Å². The summed E-state index contributed by atoms with van der Waals surface area (Å²) in [6, 6.07) is 9.71. The minimum absolute atomic E-state index is 0.0220. The van der Waals surface area contributed by atoms with E-state index in [9.17, 15) is 17.2 Å². The molecular formula is C20H18F2N4O3S2. The van der Waals surface area contributed by atoms with Gasteiger partial charge in [-0.15, -0.1) is 5.10 Å². The number of hydrogen-bond acceptors (Lipinski definition) is 6. The Labute approximate surface area is 181 Å². The number of aryl methyl sites for hydroxylation is 1. The van der Waals surface area contributed by atoms with E-state index in [0.717, 1.165) is 34.0 Å². The maximum Gasteiger partial charge on any atom is 0.243 e. The number of fused-ring (bicyclic) bond motifs is 1. The van der Waals surface area contributed by atoms with Gasteiger partial charge >= 0.3 is 0 Å². The van der Waals surface area contributed by atoms with Crippen molar-refractivity contribution < 1.29 is 21.9 Å². The lowest BCUT2D eigenvalue weighted by atomic mass is 10.2. The van der Waals surface area contributed by atoms with Crippen molar-refractivity contribution in [2.24, 2.45) is 0 Å². The van der Waals surface area contributed by atoms with Crippen LogP contribution in [-0.2, 0) is 16.4 Å². The second-order valence-electron chi connectivity index (χ2n) is 6.69. The third-order valence-corrected chi connectivity index (χ3v) is 7.36. The van der Waals surface area contributed by atoms with Gasteiger partial charge in [-0.3, -0.25) is 0 Å². The number of sulfonamides is 1. The van der Waals surface area contributed by atoms with E-state index in [1.165, 1.54) is 11.3 Å². The normalized spacial score (nSPS) is 11.9. The van der Waals surface area contributed by atoms with Crippen LogP contribution in [0.2, 0.25) is 0 Å². The highest BCUT2D eigenvalue weighted by Crippen LogP contribution is 2.26. The molecule has 0 aliphatic heterocycles. The maximum absolute atomic E-state index is 13.8. The molecule has 31 heavy (non-hydrogen) atoms. The molecule has 0 saturated heterocycles. The first-order valence-electron chi connectivity index (χ1n) is 9.22. The fourth-order valence-corrected chi connectivity index (χ4v) is 5.21. The molecule has 0 unspecified atom stereocenters. The fourth-order valence-electron chi connectivity index (χ4n) is 3.04. The van der Waals surface area contributed by atoms with Crippen molar-refractivity contribution in [2.45, 2.75) is 18.2 Å². The van der Waals surface area contributed by atoms with E-state index >= 15 is 0 Å². The van der Waals surface area contributed by atoms with Crippen molar-refractivity contribution >= 4 is 26.3 Å². The second kappa shape index (κ2) is 8.33. The topological polar surface area (TPSA) is 85.6 Å². The van der Waals surface area contributed by atoms with Gasteiger partial charge in [0.2, 0.25) is 15.0 Å². The van der Waals surface area contributed by atoms with Gasteiger partial charge in [-0.25, -0.2) is 26.4 Å². The van der Waals surface area contributed by atoms with Gasteiger partial charge in [-0.05, 0) is 55.8 Å². The molecule has 162 valence electrons. The fraction of sp³-hybridized carbons (Fsp3) is 0.200. The van der Waals surface area contributed by atoms with Gasteiger partial charge in [0, 0.05) is 17.0 Å². The zero-order chi connectivity index (χ0) is 22.2. The van der Waals surface area contributed by atoms with Crippen LogP contribution in [0.25, 0.3) is 16.3 Å². The monoisotopic (exact) mass is 464 g/mol. The summed E-state index contributed by atoms with van der Waals surface area (Å²) in [5.74, 6) is -0.513. The Balaban J connectivity index is 1.48. The highest BCUT2D eigenvalue weighted by molar-refractivity contribution is 7.89. The zero-order valence-corrected chi connectivity index (χ0v) is 18.2. The third kappa shape index (κ3) is 4.29.